The number of rotatable bonds is 2. The number of carboxylic acids is 1. The number of carboxylic acid groups (broad SMARTS) is 1. The Kier molecular flexibility index (Phi) is 13.6. The van der Waals surface area contributed by atoms with Crippen LogP contribution >= 0.6 is 11.6 Å². The molecule has 0 aromatic rings. The lowest BCUT2D eigenvalue weighted by Crippen LogP contribution is -2.10. The number of aliphatic carboxylic acids is 1. The molecule has 0 fully saturated rings. The molecule has 0 amide bonds. The molecule has 0 aliphatic heterocycles. The molecule has 56 valence electrons. The number of hydrogen-bond acceptors (Lipinski definition) is 2. The van der Waals surface area contributed by atoms with E-state index in [2.05, 4.69) is 5.73 Å². The van der Waals surface area contributed by atoms with Crippen molar-refractivity contribution in [3.05, 3.63) is 0 Å². The zero-order valence-electron chi connectivity index (χ0n) is 5.43. The van der Waals surface area contributed by atoms with E-state index in [1.165, 1.54) is 0 Å². The smallest absolute Gasteiger partial charge is 0.317 e. The van der Waals surface area contributed by atoms with Crippen LogP contribution in [-0.4, -0.2) is 23.5 Å². The first-order valence-corrected chi connectivity index (χ1v) is 3.20. The summed E-state index contributed by atoms with van der Waals surface area (Å²) < 4.78 is 0. The Balaban J connectivity index is 0. The van der Waals surface area contributed by atoms with E-state index in [4.69, 9.17) is 16.7 Å². The van der Waals surface area contributed by atoms with Gasteiger partial charge in [-0.15, -0.1) is 11.6 Å². The maximum Gasteiger partial charge on any atom is 0.317 e. The van der Waals surface area contributed by atoms with Crippen molar-refractivity contribution in [2.24, 2.45) is 5.73 Å². The lowest BCUT2D eigenvalue weighted by atomic mass is 10.6. The molecule has 0 heterocycles. The minimum Gasteiger partial charge on any atom is -0.480 e. The Morgan fingerprint density at radius 3 is 2.00 bits per heavy atom. The van der Waals surface area contributed by atoms with Gasteiger partial charge in [0.05, 0.1) is 6.54 Å². The molecule has 0 rings (SSSR count). The van der Waals surface area contributed by atoms with Gasteiger partial charge in [0.2, 0.25) is 0 Å². The average molecular weight is 154 g/mol. The fraction of sp³-hybridized carbons (Fsp3) is 0.800. The first kappa shape index (κ1) is 11.5. The summed E-state index contributed by atoms with van der Waals surface area (Å²) in [7, 11) is 0. The summed E-state index contributed by atoms with van der Waals surface area (Å²) >= 11 is 5.19. The van der Waals surface area contributed by atoms with Gasteiger partial charge in [0, 0.05) is 5.88 Å². The highest BCUT2D eigenvalue weighted by atomic mass is 35.5. The lowest BCUT2D eigenvalue weighted by molar-refractivity contribution is -0.135. The second-order valence-electron chi connectivity index (χ2n) is 1.29. The van der Waals surface area contributed by atoms with Crippen molar-refractivity contribution < 1.29 is 9.90 Å². The second-order valence-corrected chi connectivity index (χ2v) is 1.66. The summed E-state index contributed by atoms with van der Waals surface area (Å²) in [6.45, 7) is 1.77. The van der Waals surface area contributed by atoms with E-state index in [1.54, 1.807) is 0 Å². The molecule has 9 heavy (non-hydrogen) atoms. The van der Waals surface area contributed by atoms with Crippen LogP contribution in [0.1, 0.15) is 13.3 Å². The van der Waals surface area contributed by atoms with Gasteiger partial charge in [0.1, 0.15) is 0 Å². The first-order valence-electron chi connectivity index (χ1n) is 2.66. The van der Waals surface area contributed by atoms with Gasteiger partial charge < -0.3 is 10.8 Å². The van der Waals surface area contributed by atoms with Gasteiger partial charge in [-0.3, -0.25) is 4.79 Å². The summed E-state index contributed by atoms with van der Waals surface area (Å²) in [6.07, 6.45) is 1.08. The zero-order chi connectivity index (χ0) is 7.70. The van der Waals surface area contributed by atoms with Crippen molar-refractivity contribution in [1.82, 2.24) is 0 Å². The number of carbonyl (C=O) groups is 1. The van der Waals surface area contributed by atoms with Gasteiger partial charge in [-0.1, -0.05) is 6.92 Å². The number of halogens is 1. The van der Waals surface area contributed by atoms with Gasteiger partial charge in [-0.05, 0) is 6.42 Å². The van der Waals surface area contributed by atoms with E-state index in [0.29, 0.717) is 0 Å². The van der Waals surface area contributed by atoms with Gasteiger partial charge in [-0.2, -0.15) is 0 Å². The lowest BCUT2D eigenvalue weighted by Gasteiger charge is -1.73. The third-order valence-corrected chi connectivity index (χ3v) is 0.742. The molecule has 3 N–H and O–H groups in total. The largest absolute Gasteiger partial charge is 0.480 e. The van der Waals surface area contributed by atoms with Gasteiger partial charge in [0.25, 0.3) is 0 Å². The van der Waals surface area contributed by atoms with Crippen LogP contribution < -0.4 is 5.73 Å². The van der Waals surface area contributed by atoms with Gasteiger partial charge in [-0.25, -0.2) is 0 Å². The van der Waals surface area contributed by atoms with Crippen molar-refractivity contribution in [3.8, 4) is 0 Å². The molecule has 0 aromatic carbocycles. The fourth-order valence-corrected chi connectivity index (χ4v) is 0. The predicted molar refractivity (Wildman–Crippen MR) is 37.7 cm³/mol. The third-order valence-electron chi connectivity index (χ3n) is 0.364. The van der Waals surface area contributed by atoms with Crippen LogP contribution in [0.4, 0.5) is 0 Å². The van der Waals surface area contributed by atoms with Crippen LogP contribution in [0.2, 0.25) is 0 Å². The van der Waals surface area contributed by atoms with Crippen molar-refractivity contribution in [2.45, 2.75) is 13.3 Å². The summed E-state index contributed by atoms with van der Waals surface area (Å²) in [5.41, 5.74) is 4.57. The molecule has 3 nitrogen and oxygen atoms in total. The van der Waals surface area contributed by atoms with Crippen molar-refractivity contribution in [1.29, 1.82) is 0 Å². The molecule has 0 unspecified atom stereocenters. The number of nitrogens with two attached hydrogens (primary N) is 1. The Hall–Kier alpha value is -0.280. The molecule has 0 aromatic heterocycles. The molecule has 0 bridgehead atoms. The molecule has 0 radical (unpaired) electrons. The molecular weight excluding hydrogens is 142 g/mol. The molecule has 0 spiro atoms. The van der Waals surface area contributed by atoms with Crippen molar-refractivity contribution in [2.75, 3.05) is 12.4 Å². The minimum absolute atomic E-state index is 0.278. The molecular formula is C5H12ClNO2. The molecule has 0 saturated heterocycles. The fourth-order valence-electron chi connectivity index (χ4n) is 0. The predicted octanol–water partition coefficient (Wildman–Crippen LogP) is 0.665. The van der Waals surface area contributed by atoms with Gasteiger partial charge >= 0.3 is 5.97 Å². The van der Waals surface area contributed by atoms with E-state index in [1.807, 2.05) is 6.92 Å². The van der Waals surface area contributed by atoms with E-state index >= 15 is 0 Å². The number of alkyl halides is 1. The normalized spacial score (nSPS) is 7.44. The van der Waals surface area contributed by atoms with Gasteiger partial charge in [0.15, 0.2) is 0 Å². The van der Waals surface area contributed by atoms with Crippen molar-refractivity contribution >= 4 is 17.6 Å². The Morgan fingerprint density at radius 1 is 1.78 bits per heavy atom. The Labute approximate surface area is 59.8 Å². The topological polar surface area (TPSA) is 63.3 Å². The van der Waals surface area contributed by atoms with E-state index in [-0.39, 0.29) is 6.54 Å². The van der Waals surface area contributed by atoms with Crippen LogP contribution in [0.5, 0.6) is 0 Å². The SMILES string of the molecule is CCCCl.NCC(=O)O. The highest BCUT2D eigenvalue weighted by Gasteiger charge is 1.81. The highest BCUT2D eigenvalue weighted by molar-refractivity contribution is 6.17. The standard InChI is InChI=1S/C3H7Cl.C2H5NO2/c1-2-3-4;3-1-2(4)5/h2-3H2,1H3;1,3H2,(H,4,5). The Bertz CT molecular complexity index is 66.0. The van der Waals surface area contributed by atoms with Crippen LogP contribution in [0.15, 0.2) is 0 Å². The highest BCUT2D eigenvalue weighted by Crippen LogP contribution is 1.75. The molecule has 4 heteroatoms. The summed E-state index contributed by atoms with van der Waals surface area (Å²) in [5.74, 6) is -0.176. The van der Waals surface area contributed by atoms with Crippen LogP contribution in [0.25, 0.3) is 0 Å². The first-order chi connectivity index (χ1) is 4.18. The summed E-state index contributed by atoms with van der Waals surface area (Å²) in [4.78, 5) is 9.24. The second kappa shape index (κ2) is 10.7. The van der Waals surface area contributed by atoms with E-state index in [0.717, 1.165) is 12.3 Å². The zero-order valence-corrected chi connectivity index (χ0v) is 6.19. The molecule has 0 saturated carbocycles. The molecule has 0 aliphatic rings. The van der Waals surface area contributed by atoms with Crippen LogP contribution in [0.3, 0.4) is 0 Å². The Morgan fingerprint density at radius 2 is 2.00 bits per heavy atom. The third kappa shape index (κ3) is 34.1. The van der Waals surface area contributed by atoms with Crippen LogP contribution in [-0.2, 0) is 4.79 Å². The van der Waals surface area contributed by atoms with E-state index < -0.39 is 5.97 Å². The summed E-state index contributed by atoms with van der Waals surface area (Å²) in [6, 6.07) is 0. The number of hydrogen-bond donors (Lipinski definition) is 2. The summed E-state index contributed by atoms with van der Waals surface area (Å²) in [5, 5.41) is 7.60. The van der Waals surface area contributed by atoms with E-state index in [9.17, 15) is 4.79 Å². The molecule has 0 atom stereocenters. The van der Waals surface area contributed by atoms with Crippen LogP contribution in [0, 0.1) is 0 Å². The monoisotopic (exact) mass is 153 g/mol. The maximum atomic E-state index is 9.24. The molecule has 0 aliphatic carbocycles. The maximum absolute atomic E-state index is 9.24. The van der Waals surface area contributed by atoms with Crippen molar-refractivity contribution in [3.63, 3.8) is 0 Å². The average Bonchev–Trinajstić information content (AvgIpc) is 1.89. The quantitative estimate of drug-likeness (QED) is 0.573. The minimum atomic E-state index is -0.968.